The Morgan fingerprint density at radius 2 is 1.83 bits per heavy atom. The van der Waals surface area contributed by atoms with Gasteiger partial charge < -0.3 is 10.5 Å². The molecular formula is C13H10BrF2NO. The topological polar surface area (TPSA) is 35.2 Å². The molecule has 0 atom stereocenters. The Balaban J connectivity index is 2.16. The summed E-state index contributed by atoms with van der Waals surface area (Å²) in [6.07, 6.45) is 0. The number of hydrogen-bond acceptors (Lipinski definition) is 2. The summed E-state index contributed by atoms with van der Waals surface area (Å²) in [7, 11) is 0. The van der Waals surface area contributed by atoms with Crippen LogP contribution in [-0.2, 0) is 6.61 Å². The van der Waals surface area contributed by atoms with Crippen molar-refractivity contribution in [1.82, 2.24) is 0 Å². The quantitative estimate of drug-likeness (QED) is 0.873. The van der Waals surface area contributed by atoms with Gasteiger partial charge in [-0.2, -0.15) is 0 Å². The number of benzene rings is 2. The normalized spacial score (nSPS) is 10.4. The number of halogens is 3. The molecule has 0 saturated carbocycles. The number of hydrogen-bond donors (Lipinski definition) is 1. The smallest absolute Gasteiger partial charge is 0.167 e. The van der Waals surface area contributed by atoms with Crippen molar-refractivity contribution in [2.45, 2.75) is 6.61 Å². The third-order valence-corrected chi connectivity index (χ3v) is 3.17. The first-order chi connectivity index (χ1) is 8.58. The van der Waals surface area contributed by atoms with E-state index in [0.29, 0.717) is 0 Å². The van der Waals surface area contributed by atoms with Crippen molar-refractivity contribution in [3.63, 3.8) is 0 Å². The first-order valence-corrected chi connectivity index (χ1v) is 5.98. The van der Waals surface area contributed by atoms with Crippen LogP contribution in [0.1, 0.15) is 5.56 Å². The molecule has 0 aliphatic heterocycles. The zero-order valence-electron chi connectivity index (χ0n) is 9.29. The van der Waals surface area contributed by atoms with Gasteiger partial charge in [0.15, 0.2) is 11.6 Å². The summed E-state index contributed by atoms with van der Waals surface area (Å²) in [5.41, 5.74) is 5.85. The van der Waals surface area contributed by atoms with E-state index in [4.69, 9.17) is 10.5 Å². The Hall–Kier alpha value is -1.62. The molecular weight excluding hydrogens is 304 g/mol. The van der Waals surface area contributed by atoms with Gasteiger partial charge in [0.1, 0.15) is 12.4 Å². The minimum absolute atomic E-state index is 0.141. The Morgan fingerprint density at radius 1 is 1.11 bits per heavy atom. The summed E-state index contributed by atoms with van der Waals surface area (Å²) >= 11 is 3.35. The third-order valence-electron chi connectivity index (χ3n) is 2.39. The summed E-state index contributed by atoms with van der Waals surface area (Å²) in [6.45, 7) is 0.141. The van der Waals surface area contributed by atoms with Crippen LogP contribution in [0, 0.1) is 11.6 Å². The summed E-state index contributed by atoms with van der Waals surface area (Å²) in [5.74, 6) is -1.53. The summed E-state index contributed by atoms with van der Waals surface area (Å²) in [5, 5.41) is 0. The van der Waals surface area contributed by atoms with E-state index in [-0.39, 0.29) is 18.0 Å². The molecule has 0 bridgehead atoms. The SMILES string of the molecule is Nc1cc(F)c(OCc2ccccc2Br)cc1F. The third kappa shape index (κ3) is 2.79. The molecule has 0 aliphatic carbocycles. The molecule has 0 unspecified atom stereocenters. The lowest BCUT2D eigenvalue weighted by Crippen LogP contribution is -2.00. The molecule has 0 radical (unpaired) electrons. The van der Waals surface area contributed by atoms with Gasteiger partial charge in [0.05, 0.1) is 5.69 Å². The maximum atomic E-state index is 13.5. The van der Waals surface area contributed by atoms with Crippen molar-refractivity contribution >= 4 is 21.6 Å². The fourth-order valence-corrected chi connectivity index (χ4v) is 1.82. The Morgan fingerprint density at radius 3 is 2.56 bits per heavy atom. The highest BCUT2D eigenvalue weighted by Gasteiger charge is 2.09. The van der Waals surface area contributed by atoms with Gasteiger partial charge >= 0.3 is 0 Å². The average Bonchev–Trinajstić information content (AvgIpc) is 2.34. The average molecular weight is 314 g/mol. The second-order valence-corrected chi connectivity index (χ2v) is 4.54. The van der Waals surface area contributed by atoms with Crippen molar-refractivity contribution in [3.05, 3.63) is 58.1 Å². The fourth-order valence-electron chi connectivity index (χ4n) is 1.43. The Labute approximate surface area is 112 Å². The van der Waals surface area contributed by atoms with Gasteiger partial charge in [0.25, 0.3) is 0 Å². The van der Waals surface area contributed by atoms with Crippen LogP contribution in [-0.4, -0.2) is 0 Å². The molecule has 2 aromatic rings. The molecule has 0 spiro atoms. The predicted molar refractivity (Wildman–Crippen MR) is 69.2 cm³/mol. The van der Waals surface area contributed by atoms with Crippen LogP contribution >= 0.6 is 15.9 Å². The molecule has 0 aromatic heterocycles. The minimum Gasteiger partial charge on any atom is -0.486 e. The lowest BCUT2D eigenvalue weighted by atomic mass is 10.2. The van der Waals surface area contributed by atoms with Crippen LogP contribution in [0.4, 0.5) is 14.5 Å². The second kappa shape index (κ2) is 5.35. The molecule has 0 amide bonds. The van der Waals surface area contributed by atoms with Crippen LogP contribution in [0.15, 0.2) is 40.9 Å². The molecule has 0 saturated heterocycles. The molecule has 5 heteroatoms. The van der Waals surface area contributed by atoms with Gasteiger partial charge in [0, 0.05) is 22.2 Å². The van der Waals surface area contributed by atoms with Crippen molar-refractivity contribution in [3.8, 4) is 5.75 Å². The lowest BCUT2D eigenvalue weighted by molar-refractivity contribution is 0.288. The van der Waals surface area contributed by atoms with Crippen LogP contribution in [0.25, 0.3) is 0 Å². The van der Waals surface area contributed by atoms with Crippen molar-refractivity contribution in [2.75, 3.05) is 5.73 Å². The molecule has 94 valence electrons. The highest BCUT2D eigenvalue weighted by Crippen LogP contribution is 2.25. The molecule has 0 aliphatic rings. The molecule has 2 N–H and O–H groups in total. The van der Waals surface area contributed by atoms with Crippen LogP contribution in [0.5, 0.6) is 5.75 Å². The number of nitrogens with two attached hydrogens (primary N) is 1. The number of rotatable bonds is 3. The maximum Gasteiger partial charge on any atom is 0.167 e. The molecule has 0 fully saturated rings. The zero-order valence-corrected chi connectivity index (χ0v) is 10.9. The van der Waals surface area contributed by atoms with E-state index in [1.807, 2.05) is 24.3 Å². The maximum absolute atomic E-state index is 13.5. The van der Waals surface area contributed by atoms with E-state index >= 15 is 0 Å². The highest BCUT2D eigenvalue weighted by molar-refractivity contribution is 9.10. The molecule has 2 nitrogen and oxygen atoms in total. The molecule has 2 aromatic carbocycles. The van der Waals surface area contributed by atoms with Gasteiger partial charge in [-0.1, -0.05) is 34.1 Å². The van der Waals surface area contributed by atoms with Crippen LogP contribution in [0.2, 0.25) is 0 Å². The standard InChI is InChI=1S/C13H10BrF2NO/c14-9-4-2-1-3-8(9)7-18-13-6-10(15)12(17)5-11(13)16/h1-6H,7,17H2. The Kier molecular flexibility index (Phi) is 3.81. The van der Waals surface area contributed by atoms with E-state index in [9.17, 15) is 8.78 Å². The van der Waals surface area contributed by atoms with Gasteiger partial charge in [0.2, 0.25) is 0 Å². The Bertz CT molecular complexity index is 575. The molecule has 2 rings (SSSR count). The number of ether oxygens (including phenoxy) is 1. The second-order valence-electron chi connectivity index (χ2n) is 3.68. The van der Waals surface area contributed by atoms with E-state index < -0.39 is 11.6 Å². The number of nitrogen functional groups attached to an aromatic ring is 1. The predicted octanol–water partition coefficient (Wildman–Crippen LogP) is 3.89. The first kappa shape index (κ1) is 12.8. The van der Waals surface area contributed by atoms with Crippen molar-refractivity contribution in [1.29, 1.82) is 0 Å². The minimum atomic E-state index is -0.696. The summed E-state index contributed by atoms with van der Waals surface area (Å²) < 4.78 is 32.7. The van der Waals surface area contributed by atoms with E-state index in [1.165, 1.54) is 0 Å². The molecule has 18 heavy (non-hydrogen) atoms. The lowest BCUT2D eigenvalue weighted by Gasteiger charge is -2.09. The highest BCUT2D eigenvalue weighted by atomic mass is 79.9. The summed E-state index contributed by atoms with van der Waals surface area (Å²) in [6, 6.07) is 9.22. The van der Waals surface area contributed by atoms with Gasteiger partial charge in [-0.3, -0.25) is 0 Å². The monoisotopic (exact) mass is 313 g/mol. The number of anilines is 1. The molecule has 0 heterocycles. The van der Waals surface area contributed by atoms with Crippen molar-refractivity contribution in [2.24, 2.45) is 0 Å². The van der Waals surface area contributed by atoms with Gasteiger partial charge in [-0.05, 0) is 6.07 Å². The summed E-state index contributed by atoms with van der Waals surface area (Å²) in [4.78, 5) is 0. The van der Waals surface area contributed by atoms with Gasteiger partial charge in [-0.15, -0.1) is 0 Å². The zero-order chi connectivity index (χ0) is 13.1. The van der Waals surface area contributed by atoms with E-state index in [1.54, 1.807) is 0 Å². The van der Waals surface area contributed by atoms with Crippen molar-refractivity contribution < 1.29 is 13.5 Å². The first-order valence-electron chi connectivity index (χ1n) is 5.18. The van der Waals surface area contributed by atoms with Gasteiger partial charge in [-0.25, -0.2) is 8.78 Å². The largest absolute Gasteiger partial charge is 0.486 e. The van der Waals surface area contributed by atoms with E-state index in [2.05, 4.69) is 15.9 Å². The van der Waals surface area contributed by atoms with Crippen LogP contribution < -0.4 is 10.5 Å². The van der Waals surface area contributed by atoms with Crippen LogP contribution in [0.3, 0.4) is 0 Å². The fraction of sp³-hybridized carbons (Fsp3) is 0.0769. The van der Waals surface area contributed by atoms with E-state index in [0.717, 1.165) is 22.2 Å².